The van der Waals surface area contributed by atoms with Gasteiger partial charge in [0.15, 0.2) is 0 Å². The molecule has 1 amide bonds. The number of ether oxygens (including phenoxy) is 1. The van der Waals surface area contributed by atoms with Crippen molar-refractivity contribution in [2.24, 2.45) is 0 Å². The van der Waals surface area contributed by atoms with E-state index in [0.29, 0.717) is 18.9 Å². The van der Waals surface area contributed by atoms with E-state index in [0.717, 1.165) is 6.42 Å². The van der Waals surface area contributed by atoms with Crippen LogP contribution in [-0.2, 0) is 4.74 Å². The number of methoxy groups -OCH3 is 1. The van der Waals surface area contributed by atoms with Crippen molar-refractivity contribution in [1.29, 1.82) is 0 Å². The standard InChI is InChI=1S/C11H15N5O4/c1-20-11(17)13-7-4-5-15(6-7)9-3-2-8(16(18)19)10(12)14-9/h2-3,7H,4-6H2,1H3,(H2,12,14)(H,13,17). The molecule has 1 saturated heterocycles. The predicted molar refractivity (Wildman–Crippen MR) is 71.5 cm³/mol. The number of rotatable bonds is 3. The molecule has 1 aliphatic rings. The lowest BCUT2D eigenvalue weighted by atomic mass is 10.3. The highest BCUT2D eigenvalue weighted by Gasteiger charge is 2.26. The average Bonchev–Trinajstić information content (AvgIpc) is 2.86. The Morgan fingerprint density at radius 3 is 3.00 bits per heavy atom. The van der Waals surface area contributed by atoms with E-state index in [1.54, 1.807) is 6.07 Å². The first-order valence-corrected chi connectivity index (χ1v) is 6.01. The van der Waals surface area contributed by atoms with Gasteiger partial charge in [-0.3, -0.25) is 10.1 Å². The van der Waals surface area contributed by atoms with Crippen molar-refractivity contribution in [2.45, 2.75) is 12.5 Å². The molecular formula is C11H15N5O4. The van der Waals surface area contributed by atoms with E-state index in [1.165, 1.54) is 13.2 Å². The molecule has 1 aromatic rings. The average molecular weight is 281 g/mol. The van der Waals surface area contributed by atoms with Crippen molar-refractivity contribution in [2.75, 3.05) is 30.8 Å². The number of carbonyl (C=O) groups excluding carboxylic acids is 1. The summed E-state index contributed by atoms with van der Waals surface area (Å²) in [7, 11) is 1.31. The third kappa shape index (κ3) is 2.87. The molecule has 2 heterocycles. The summed E-state index contributed by atoms with van der Waals surface area (Å²) in [4.78, 5) is 27.2. The minimum atomic E-state index is -0.572. The maximum absolute atomic E-state index is 11.1. The summed E-state index contributed by atoms with van der Waals surface area (Å²) >= 11 is 0. The fourth-order valence-corrected chi connectivity index (χ4v) is 2.10. The largest absolute Gasteiger partial charge is 0.453 e. The number of pyridine rings is 1. The molecule has 0 aliphatic carbocycles. The van der Waals surface area contributed by atoms with E-state index in [1.807, 2.05) is 4.90 Å². The molecular weight excluding hydrogens is 266 g/mol. The van der Waals surface area contributed by atoms with Gasteiger partial charge < -0.3 is 20.7 Å². The zero-order valence-corrected chi connectivity index (χ0v) is 10.9. The molecule has 9 nitrogen and oxygen atoms in total. The fourth-order valence-electron chi connectivity index (χ4n) is 2.10. The second kappa shape index (κ2) is 5.59. The van der Waals surface area contributed by atoms with Crippen molar-refractivity contribution >= 4 is 23.4 Å². The van der Waals surface area contributed by atoms with Gasteiger partial charge in [-0.25, -0.2) is 9.78 Å². The second-order valence-electron chi connectivity index (χ2n) is 4.40. The van der Waals surface area contributed by atoms with Crippen molar-refractivity contribution < 1.29 is 14.5 Å². The lowest BCUT2D eigenvalue weighted by molar-refractivity contribution is -0.384. The minimum Gasteiger partial charge on any atom is -0.453 e. The lowest BCUT2D eigenvalue weighted by Gasteiger charge is -2.17. The van der Waals surface area contributed by atoms with Crippen LogP contribution in [0.4, 0.5) is 22.1 Å². The van der Waals surface area contributed by atoms with Crippen molar-refractivity contribution in [3.05, 3.63) is 22.2 Å². The maximum atomic E-state index is 11.1. The number of aromatic nitrogens is 1. The molecule has 0 aromatic carbocycles. The van der Waals surface area contributed by atoms with E-state index >= 15 is 0 Å². The van der Waals surface area contributed by atoms with E-state index < -0.39 is 11.0 Å². The molecule has 3 N–H and O–H groups in total. The Hall–Kier alpha value is -2.58. The molecule has 2 rings (SSSR count). The SMILES string of the molecule is COC(=O)NC1CCN(c2ccc([N+](=O)[O-])c(N)n2)C1. The molecule has 1 unspecified atom stereocenters. The van der Waals surface area contributed by atoms with Gasteiger partial charge in [0.25, 0.3) is 0 Å². The van der Waals surface area contributed by atoms with Crippen LogP contribution in [0.3, 0.4) is 0 Å². The van der Waals surface area contributed by atoms with Crippen LogP contribution >= 0.6 is 0 Å². The van der Waals surface area contributed by atoms with Crippen LogP contribution in [-0.4, -0.2) is 42.2 Å². The molecule has 0 radical (unpaired) electrons. The van der Waals surface area contributed by atoms with Crippen LogP contribution in [0.1, 0.15) is 6.42 Å². The Morgan fingerprint density at radius 1 is 1.65 bits per heavy atom. The summed E-state index contributed by atoms with van der Waals surface area (Å²) in [6, 6.07) is 2.84. The van der Waals surface area contributed by atoms with Gasteiger partial charge in [0.1, 0.15) is 5.82 Å². The maximum Gasteiger partial charge on any atom is 0.407 e. The zero-order valence-electron chi connectivity index (χ0n) is 10.9. The van der Waals surface area contributed by atoms with E-state index in [4.69, 9.17) is 5.73 Å². The highest BCUT2D eigenvalue weighted by Crippen LogP contribution is 2.25. The molecule has 1 aromatic heterocycles. The van der Waals surface area contributed by atoms with Gasteiger partial charge in [0.05, 0.1) is 18.1 Å². The molecule has 20 heavy (non-hydrogen) atoms. The number of carbonyl (C=O) groups is 1. The summed E-state index contributed by atoms with van der Waals surface area (Å²) in [6.07, 6.45) is 0.265. The van der Waals surface area contributed by atoms with Crippen LogP contribution in [0.15, 0.2) is 12.1 Å². The van der Waals surface area contributed by atoms with Gasteiger partial charge in [-0.1, -0.05) is 0 Å². The summed E-state index contributed by atoms with van der Waals surface area (Å²) in [5, 5.41) is 13.4. The molecule has 9 heteroatoms. The normalized spacial score (nSPS) is 17.9. The number of nitrogens with zero attached hydrogens (tertiary/aromatic N) is 3. The number of hydrogen-bond acceptors (Lipinski definition) is 7. The number of amides is 1. The summed E-state index contributed by atoms with van der Waals surface area (Å²) in [6.45, 7) is 1.23. The predicted octanol–water partition coefficient (Wildman–Crippen LogP) is 0.507. The van der Waals surface area contributed by atoms with Crippen molar-refractivity contribution in [3.63, 3.8) is 0 Å². The van der Waals surface area contributed by atoms with Gasteiger partial charge in [0, 0.05) is 19.2 Å². The fraction of sp³-hybridized carbons (Fsp3) is 0.455. The van der Waals surface area contributed by atoms with Crippen LogP contribution < -0.4 is 16.0 Å². The van der Waals surface area contributed by atoms with Gasteiger partial charge in [0.2, 0.25) is 5.82 Å². The Morgan fingerprint density at radius 2 is 2.40 bits per heavy atom. The first-order valence-electron chi connectivity index (χ1n) is 6.01. The third-order valence-electron chi connectivity index (χ3n) is 3.10. The van der Waals surface area contributed by atoms with Crippen LogP contribution in [0, 0.1) is 10.1 Å². The number of hydrogen-bond donors (Lipinski definition) is 2. The number of nitrogen functional groups attached to an aromatic ring is 1. The molecule has 0 saturated carbocycles. The second-order valence-corrected chi connectivity index (χ2v) is 4.40. The molecule has 0 spiro atoms. The first-order chi connectivity index (χ1) is 9.51. The number of nitro groups is 1. The number of nitrogens with one attached hydrogen (secondary N) is 1. The van der Waals surface area contributed by atoms with Crippen LogP contribution in [0.5, 0.6) is 0 Å². The Balaban J connectivity index is 2.05. The lowest BCUT2D eigenvalue weighted by Crippen LogP contribution is -2.37. The van der Waals surface area contributed by atoms with E-state index in [-0.39, 0.29) is 17.5 Å². The van der Waals surface area contributed by atoms with Gasteiger partial charge >= 0.3 is 11.8 Å². The Labute approximate surface area is 114 Å². The Bertz CT molecular complexity index is 536. The highest BCUT2D eigenvalue weighted by molar-refractivity contribution is 5.67. The summed E-state index contributed by atoms with van der Waals surface area (Å²) in [5.74, 6) is 0.444. The van der Waals surface area contributed by atoms with E-state index in [2.05, 4.69) is 15.0 Å². The third-order valence-corrected chi connectivity index (χ3v) is 3.10. The molecule has 0 bridgehead atoms. The summed E-state index contributed by atoms with van der Waals surface area (Å²) < 4.78 is 4.54. The number of alkyl carbamates (subject to hydrolysis) is 1. The number of nitrogens with two attached hydrogens (primary N) is 1. The summed E-state index contributed by atoms with van der Waals surface area (Å²) in [5.41, 5.74) is 5.35. The minimum absolute atomic E-state index is 0.0410. The monoisotopic (exact) mass is 281 g/mol. The smallest absolute Gasteiger partial charge is 0.407 e. The molecule has 1 fully saturated rings. The van der Waals surface area contributed by atoms with Crippen molar-refractivity contribution in [3.8, 4) is 0 Å². The molecule has 1 aliphatic heterocycles. The topological polar surface area (TPSA) is 124 Å². The van der Waals surface area contributed by atoms with Gasteiger partial charge in [-0.05, 0) is 12.5 Å². The quantitative estimate of drug-likeness (QED) is 0.610. The number of anilines is 2. The zero-order chi connectivity index (χ0) is 14.7. The van der Waals surface area contributed by atoms with Gasteiger partial charge in [-0.15, -0.1) is 0 Å². The van der Waals surface area contributed by atoms with Crippen molar-refractivity contribution in [1.82, 2.24) is 10.3 Å². The van der Waals surface area contributed by atoms with Crippen LogP contribution in [0.25, 0.3) is 0 Å². The van der Waals surface area contributed by atoms with E-state index in [9.17, 15) is 14.9 Å². The van der Waals surface area contributed by atoms with Gasteiger partial charge in [-0.2, -0.15) is 0 Å². The highest BCUT2D eigenvalue weighted by atomic mass is 16.6. The Kier molecular flexibility index (Phi) is 3.87. The first kappa shape index (κ1) is 13.8. The molecule has 108 valence electrons. The molecule has 1 atom stereocenters. The van der Waals surface area contributed by atoms with Crippen LogP contribution in [0.2, 0.25) is 0 Å².